The van der Waals surface area contributed by atoms with Crippen LogP contribution in [-0.4, -0.2) is 29.9 Å². The predicted octanol–water partition coefficient (Wildman–Crippen LogP) is 5.57. The Morgan fingerprint density at radius 1 is 0.972 bits per heavy atom. The Morgan fingerprint density at radius 3 is 2.28 bits per heavy atom. The minimum absolute atomic E-state index is 0.0134. The van der Waals surface area contributed by atoms with Gasteiger partial charge in [-0.2, -0.15) is 13.2 Å². The number of rotatable bonds is 7. The topological polar surface area (TPSA) is 107 Å². The SMILES string of the molecule is COC(=O)c1ccccc1CS(=O)(=O)c1ccc(Cl)cc1NS(=O)(=O)c1ccc(Cl)c(C(F)(F)F)c1. The fourth-order valence-electron chi connectivity index (χ4n) is 3.18. The highest BCUT2D eigenvalue weighted by Crippen LogP contribution is 2.37. The van der Waals surface area contributed by atoms with Gasteiger partial charge in [0.25, 0.3) is 10.0 Å². The third-order valence-electron chi connectivity index (χ3n) is 4.84. The van der Waals surface area contributed by atoms with Crippen molar-refractivity contribution in [2.45, 2.75) is 21.7 Å². The van der Waals surface area contributed by atoms with Crippen molar-refractivity contribution in [1.82, 2.24) is 0 Å². The van der Waals surface area contributed by atoms with Gasteiger partial charge in [0.1, 0.15) is 0 Å². The van der Waals surface area contributed by atoms with E-state index in [1.165, 1.54) is 30.3 Å². The van der Waals surface area contributed by atoms with E-state index >= 15 is 0 Å². The lowest BCUT2D eigenvalue weighted by Gasteiger charge is -2.16. The summed E-state index contributed by atoms with van der Waals surface area (Å²) in [5.41, 5.74) is -1.81. The van der Waals surface area contributed by atoms with Gasteiger partial charge in [-0.3, -0.25) is 4.72 Å². The van der Waals surface area contributed by atoms with Crippen molar-refractivity contribution in [1.29, 1.82) is 0 Å². The van der Waals surface area contributed by atoms with Crippen LogP contribution in [0, 0.1) is 0 Å². The van der Waals surface area contributed by atoms with Crippen LogP contribution in [0.3, 0.4) is 0 Å². The van der Waals surface area contributed by atoms with Crippen LogP contribution in [0.4, 0.5) is 18.9 Å². The summed E-state index contributed by atoms with van der Waals surface area (Å²) in [6.07, 6.45) is -4.93. The molecule has 3 rings (SSSR count). The fraction of sp³-hybridized carbons (Fsp3) is 0.136. The second-order valence-corrected chi connectivity index (χ2v) is 11.8. The number of benzene rings is 3. The lowest BCUT2D eigenvalue weighted by Crippen LogP contribution is -2.18. The minimum atomic E-state index is -4.93. The highest BCUT2D eigenvalue weighted by Gasteiger charge is 2.35. The van der Waals surface area contributed by atoms with E-state index in [1.54, 1.807) is 0 Å². The Kier molecular flexibility index (Phi) is 7.94. The number of anilines is 1. The summed E-state index contributed by atoms with van der Waals surface area (Å²) in [5.74, 6) is -1.49. The molecule has 192 valence electrons. The van der Waals surface area contributed by atoms with E-state index in [4.69, 9.17) is 23.2 Å². The first-order valence-electron chi connectivity index (χ1n) is 9.74. The summed E-state index contributed by atoms with van der Waals surface area (Å²) in [5, 5.41) is -0.759. The van der Waals surface area contributed by atoms with E-state index in [0.29, 0.717) is 6.07 Å². The average molecular weight is 582 g/mol. The number of halogens is 5. The molecule has 3 aromatic carbocycles. The number of hydrogen-bond acceptors (Lipinski definition) is 6. The van der Waals surface area contributed by atoms with Crippen molar-refractivity contribution in [3.8, 4) is 0 Å². The summed E-state index contributed by atoms with van der Waals surface area (Å²) in [7, 11) is -7.90. The quantitative estimate of drug-likeness (QED) is 0.365. The maximum Gasteiger partial charge on any atom is 0.417 e. The Labute approximate surface area is 214 Å². The first-order chi connectivity index (χ1) is 16.7. The Morgan fingerprint density at radius 2 is 1.64 bits per heavy atom. The molecule has 0 heterocycles. The monoisotopic (exact) mass is 581 g/mol. The van der Waals surface area contributed by atoms with Gasteiger partial charge in [0.2, 0.25) is 0 Å². The van der Waals surface area contributed by atoms with E-state index < -0.39 is 63.8 Å². The molecule has 3 aromatic rings. The molecule has 7 nitrogen and oxygen atoms in total. The molecule has 0 fully saturated rings. The van der Waals surface area contributed by atoms with Crippen LogP contribution < -0.4 is 4.72 Å². The molecule has 0 aliphatic heterocycles. The molecule has 0 unspecified atom stereocenters. The lowest BCUT2D eigenvalue weighted by molar-refractivity contribution is -0.137. The maximum atomic E-state index is 13.3. The third kappa shape index (κ3) is 6.12. The van der Waals surface area contributed by atoms with Gasteiger partial charge in [0.15, 0.2) is 9.84 Å². The normalized spacial score (nSPS) is 12.3. The van der Waals surface area contributed by atoms with Gasteiger partial charge >= 0.3 is 12.1 Å². The molecule has 0 spiro atoms. The van der Waals surface area contributed by atoms with Gasteiger partial charge in [-0.1, -0.05) is 41.4 Å². The van der Waals surface area contributed by atoms with Crippen LogP contribution in [0.25, 0.3) is 0 Å². The van der Waals surface area contributed by atoms with E-state index in [0.717, 1.165) is 31.4 Å². The molecule has 0 amide bonds. The van der Waals surface area contributed by atoms with Crippen molar-refractivity contribution in [2.75, 3.05) is 11.8 Å². The largest absolute Gasteiger partial charge is 0.465 e. The van der Waals surface area contributed by atoms with Crippen LogP contribution in [0.1, 0.15) is 21.5 Å². The summed E-state index contributed by atoms with van der Waals surface area (Å²) >= 11 is 11.5. The van der Waals surface area contributed by atoms with Crippen molar-refractivity contribution < 1.29 is 39.5 Å². The van der Waals surface area contributed by atoms with E-state index in [1.807, 2.05) is 4.72 Å². The second kappa shape index (κ2) is 10.3. The van der Waals surface area contributed by atoms with E-state index in [-0.39, 0.29) is 16.1 Å². The molecule has 0 saturated carbocycles. The highest BCUT2D eigenvalue weighted by atomic mass is 35.5. The smallest absolute Gasteiger partial charge is 0.417 e. The number of carbonyl (C=O) groups excluding carboxylic acids is 1. The molecule has 0 aromatic heterocycles. The minimum Gasteiger partial charge on any atom is -0.465 e. The first-order valence-corrected chi connectivity index (χ1v) is 13.6. The van der Waals surface area contributed by atoms with Crippen LogP contribution in [0.15, 0.2) is 70.5 Å². The molecule has 14 heteroatoms. The maximum absolute atomic E-state index is 13.3. The zero-order chi connectivity index (χ0) is 26.9. The molecule has 0 aliphatic rings. The standard InChI is InChI=1S/C22H16Cl2F3NO6S2/c1-34-21(29)16-5-3-2-4-13(16)12-35(30,31)20-9-6-14(23)10-19(20)28-36(32,33)15-7-8-18(24)17(11-15)22(25,26)27/h2-11,28H,12H2,1H3. The molecule has 1 N–H and O–H groups in total. The summed E-state index contributed by atoms with van der Waals surface area (Å²) < 4.78 is 98.6. The Balaban J connectivity index is 2.05. The van der Waals surface area contributed by atoms with Gasteiger partial charge in [0, 0.05) is 5.02 Å². The van der Waals surface area contributed by atoms with Crippen LogP contribution in [0.5, 0.6) is 0 Å². The van der Waals surface area contributed by atoms with Crippen LogP contribution in [0.2, 0.25) is 10.0 Å². The number of carbonyl (C=O) groups is 1. The summed E-state index contributed by atoms with van der Waals surface area (Å²) in [6.45, 7) is 0. The lowest BCUT2D eigenvalue weighted by atomic mass is 10.1. The molecular weight excluding hydrogens is 566 g/mol. The molecule has 0 radical (unpaired) electrons. The summed E-state index contributed by atoms with van der Waals surface area (Å²) in [4.78, 5) is 10.7. The number of hydrogen-bond donors (Lipinski definition) is 1. The van der Waals surface area contributed by atoms with E-state index in [9.17, 15) is 34.8 Å². The van der Waals surface area contributed by atoms with Gasteiger partial charge in [0.05, 0.1) is 44.5 Å². The number of nitrogens with one attached hydrogen (secondary N) is 1. The zero-order valence-electron chi connectivity index (χ0n) is 18.1. The number of esters is 1. The van der Waals surface area contributed by atoms with E-state index in [2.05, 4.69) is 4.74 Å². The molecule has 36 heavy (non-hydrogen) atoms. The second-order valence-electron chi connectivity index (χ2n) is 7.29. The molecule has 0 aliphatic carbocycles. The highest BCUT2D eigenvalue weighted by molar-refractivity contribution is 7.93. The van der Waals surface area contributed by atoms with Crippen LogP contribution >= 0.6 is 23.2 Å². The number of methoxy groups -OCH3 is 1. The Bertz CT molecular complexity index is 1540. The number of sulfone groups is 1. The first kappa shape index (κ1) is 27.8. The zero-order valence-corrected chi connectivity index (χ0v) is 21.3. The molecule has 0 atom stereocenters. The third-order valence-corrected chi connectivity index (χ3v) is 8.49. The Hall–Kier alpha value is -2.80. The molecular formula is C22H16Cl2F3NO6S2. The van der Waals surface area contributed by atoms with Gasteiger partial charge in [-0.15, -0.1) is 0 Å². The van der Waals surface area contributed by atoms with Crippen molar-refractivity contribution in [3.63, 3.8) is 0 Å². The van der Waals surface area contributed by atoms with Crippen molar-refractivity contribution in [3.05, 3.63) is 87.4 Å². The van der Waals surface area contributed by atoms with Gasteiger partial charge < -0.3 is 4.74 Å². The van der Waals surface area contributed by atoms with Gasteiger partial charge in [-0.25, -0.2) is 21.6 Å². The molecule has 0 bridgehead atoms. The van der Waals surface area contributed by atoms with Crippen molar-refractivity contribution >= 4 is 54.7 Å². The number of ether oxygens (including phenoxy) is 1. The fourth-order valence-corrected chi connectivity index (χ4v) is 6.28. The number of alkyl halides is 3. The van der Waals surface area contributed by atoms with Crippen molar-refractivity contribution in [2.24, 2.45) is 0 Å². The van der Waals surface area contributed by atoms with Crippen LogP contribution in [-0.2, 0) is 36.5 Å². The molecule has 0 saturated heterocycles. The van der Waals surface area contributed by atoms with Gasteiger partial charge in [-0.05, 0) is 48.0 Å². The number of sulfonamides is 1. The summed E-state index contributed by atoms with van der Waals surface area (Å²) in [6, 6.07) is 10.9. The average Bonchev–Trinajstić information content (AvgIpc) is 2.77. The predicted molar refractivity (Wildman–Crippen MR) is 127 cm³/mol.